The first-order valence-electron chi connectivity index (χ1n) is 8.90. The van der Waals surface area contributed by atoms with E-state index in [4.69, 9.17) is 4.74 Å². The van der Waals surface area contributed by atoms with Crippen molar-refractivity contribution in [1.82, 2.24) is 4.90 Å². The molecule has 0 aromatic carbocycles. The fraction of sp³-hybridized carbons (Fsp3) is 0.944. The molecular formula is C18H37NO2. The average molecular weight is 299 g/mol. The van der Waals surface area contributed by atoms with Crippen LogP contribution in [-0.2, 0) is 9.53 Å². The summed E-state index contributed by atoms with van der Waals surface area (Å²) in [6.45, 7) is 5.20. The van der Waals surface area contributed by atoms with Crippen LogP contribution in [0.1, 0.15) is 84.5 Å². The Morgan fingerprint density at radius 1 is 0.952 bits per heavy atom. The van der Waals surface area contributed by atoms with E-state index in [-0.39, 0.29) is 12.1 Å². The van der Waals surface area contributed by atoms with E-state index in [1.165, 1.54) is 44.9 Å². The van der Waals surface area contributed by atoms with Crippen molar-refractivity contribution < 1.29 is 9.53 Å². The summed E-state index contributed by atoms with van der Waals surface area (Å²) >= 11 is 0. The third kappa shape index (κ3) is 15.6. The molecule has 0 amide bonds. The summed E-state index contributed by atoms with van der Waals surface area (Å²) in [6, 6.07) is 0. The lowest BCUT2D eigenvalue weighted by Crippen LogP contribution is -2.21. The smallest absolute Gasteiger partial charge is 0.306 e. The maximum Gasteiger partial charge on any atom is 0.306 e. The molecule has 21 heavy (non-hydrogen) atoms. The van der Waals surface area contributed by atoms with Gasteiger partial charge in [0, 0.05) is 13.0 Å². The normalized spacial score (nSPS) is 12.6. The third-order valence-corrected chi connectivity index (χ3v) is 3.80. The van der Waals surface area contributed by atoms with Crippen molar-refractivity contribution in [3.63, 3.8) is 0 Å². The predicted molar refractivity (Wildman–Crippen MR) is 90.6 cm³/mol. The Labute approximate surface area is 132 Å². The van der Waals surface area contributed by atoms with Gasteiger partial charge in [0.05, 0.1) is 0 Å². The van der Waals surface area contributed by atoms with Crippen LogP contribution < -0.4 is 0 Å². The fourth-order valence-electron chi connectivity index (χ4n) is 2.36. The summed E-state index contributed by atoms with van der Waals surface area (Å²) in [6.07, 6.45) is 13.1. The first kappa shape index (κ1) is 20.4. The van der Waals surface area contributed by atoms with Crippen molar-refractivity contribution >= 4 is 5.97 Å². The quantitative estimate of drug-likeness (QED) is 0.341. The Kier molecular flexibility index (Phi) is 14.0. The highest BCUT2D eigenvalue weighted by atomic mass is 16.5. The predicted octanol–water partition coefficient (Wildman–Crippen LogP) is 4.79. The molecule has 3 heteroatoms. The van der Waals surface area contributed by atoms with E-state index in [0.29, 0.717) is 6.42 Å². The van der Waals surface area contributed by atoms with Gasteiger partial charge in [-0.05, 0) is 33.9 Å². The molecule has 0 aliphatic heterocycles. The van der Waals surface area contributed by atoms with Crippen molar-refractivity contribution in [3.8, 4) is 0 Å². The molecule has 0 N–H and O–H groups in total. The van der Waals surface area contributed by atoms with Crippen LogP contribution in [0.25, 0.3) is 0 Å². The molecule has 0 heterocycles. The molecule has 0 rings (SSSR count). The molecule has 0 aromatic heterocycles. The zero-order valence-electron chi connectivity index (χ0n) is 14.8. The summed E-state index contributed by atoms with van der Waals surface area (Å²) in [4.78, 5) is 13.8. The molecule has 1 atom stereocenters. The molecule has 1 unspecified atom stereocenters. The number of carbonyl (C=O) groups is 1. The van der Waals surface area contributed by atoms with Gasteiger partial charge in [-0.3, -0.25) is 4.79 Å². The maximum atomic E-state index is 11.7. The minimum atomic E-state index is -0.0239. The van der Waals surface area contributed by atoms with E-state index in [0.717, 1.165) is 25.8 Å². The molecule has 0 aromatic rings. The van der Waals surface area contributed by atoms with Crippen molar-refractivity contribution in [3.05, 3.63) is 0 Å². The highest BCUT2D eigenvalue weighted by molar-refractivity contribution is 5.69. The number of hydrogen-bond donors (Lipinski definition) is 0. The van der Waals surface area contributed by atoms with Gasteiger partial charge in [-0.1, -0.05) is 58.3 Å². The van der Waals surface area contributed by atoms with Crippen molar-refractivity contribution in [2.24, 2.45) is 0 Å². The number of unbranched alkanes of at least 4 members (excludes halogenated alkanes) is 8. The van der Waals surface area contributed by atoms with E-state index in [2.05, 4.69) is 11.8 Å². The number of rotatable bonds is 14. The van der Waals surface area contributed by atoms with Crippen LogP contribution in [0, 0.1) is 0 Å². The SMILES string of the molecule is CCCCCCCCCCCC(=O)OC(C)CCN(C)C. The molecule has 0 aliphatic carbocycles. The molecule has 0 spiro atoms. The van der Waals surface area contributed by atoms with Crippen LogP contribution >= 0.6 is 0 Å². The van der Waals surface area contributed by atoms with Gasteiger partial charge in [0.25, 0.3) is 0 Å². The van der Waals surface area contributed by atoms with Crippen LogP contribution in [0.15, 0.2) is 0 Å². The minimum Gasteiger partial charge on any atom is -0.463 e. The maximum absolute atomic E-state index is 11.7. The fourth-order valence-corrected chi connectivity index (χ4v) is 2.36. The van der Waals surface area contributed by atoms with Gasteiger partial charge in [0.1, 0.15) is 6.10 Å². The summed E-state index contributed by atoms with van der Waals surface area (Å²) < 4.78 is 5.41. The van der Waals surface area contributed by atoms with E-state index >= 15 is 0 Å². The molecule has 0 fully saturated rings. The Morgan fingerprint density at radius 2 is 1.48 bits per heavy atom. The molecule has 0 bridgehead atoms. The lowest BCUT2D eigenvalue weighted by molar-refractivity contribution is -0.148. The third-order valence-electron chi connectivity index (χ3n) is 3.80. The van der Waals surface area contributed by atoms with Gasteiger partial charge in [-0.2, -0.15) is 0 Å². The van der Waals surface area contributed by atoms with E-state index in [9.17, 15) is 4.79 Å². The average Bonchev–Trinajstić information content (AvgIpc) is 2.43. The second kappa shape index (κ2) is 14.4. The lowest BCUT2D eigenvalue weighted by Gasteiger charge is -2.16. The second-order valence-corrected chi connectivity index (χ2v) is 6.47. The largest absolute Gasteiger partial charge is 0.463 e. The van der Waals surface area contributed by atoms with Crippen LogP contribution in [0.5, 0.6) is 0 Å². The minimum absolute atomic E-state index is 0.0239. The lowest BCUT2D eigenvalue weighted by atomic mass is 10.1. The van der Waals surface area contributed by atoms with Gasteiger partial charge >= 0.3 is 5.97 Å². The molecule has 0 aliphatic rings. The Hall–Kier alpha value is -0.570. The Bertz CT molecular complexity index is 241. The molecule has 0 radical (unpaired) electrons. The van der Waals surface area contributed by atoms with Crippen LogP contribution in [-0.4, -0.2) is 37.6 Å². The van der Waals surface area contributed by atoms with Crippen molar-refractivity contribution in [2.45, 2.75) is 90.6 Å². The Morgan fingerprint density at radius 3 is 2.00 bits per heavy atom. The summed E-state index contributed by atoms with van der Waals surface area (Å²) in [5.74, 6) is -0.0239. The van der Waals surface area contributed by atoms with Gasteiger partial charge in [0.15, 0.2) is 0 Å². The summed E-state index contributed by atoms with van der Waals surface area (Å²) in [7, 11) is 4.08. The van der Waals surface area contributed by atoms with Crippen molar-refractivity contribution in [2.75, 3.05) is 20.6 Å². The van der Waals surface area contributed by atoms with Gasteiger partial charge in [0.2, 0.25) is 0 Å². The van der Waals surface area contributed by atoms with Gasteiger partial charge < -0.3 is 9.64 Å². The van der Waals surface area contributed by atoms with Crippen LogP contribution in [0.3, 0.4) is 0 Å². The first-order valence-corrected chi connectivity index (χ1v) is 8.90. The zero-order valence-corrected chi connectivity index (χ0v) is 14.8. The van der Waals surface area contributed by atoms with Crippen LogP contribution in [0.4, 0.5) is 0 Å². The van der Waals surface area contributed by atoms with E-state index < -0.39 is 0 Å². The topological polar surface area (TPSA) is 29.5 Å². The number of hydrogen-bond acceptors (Lipinski definition) is 3. The van der Waals surface area contributed by atoms with Crippen LogP contribution in [0.2, 0.25) is 0 Å². The highest BCUT2D eigenvalue weighted by Gasteiger charge is 2.09. The highest BCUT2D eigenvalue weighted by Crippen LogP contribution is 2.11. The molecular weight excluding hydrogens is 262 g/mol. The summed E-state index contributed by atoms with van der Waals surface area (Å²) in [5, 5.41) is 0. The summed E-state index contributed by atoms with van der Waals surface area (Å²) in [5.41, 5.74) is 0. The zero-order chi connectivity index (χ0) is 15.9. The van der Waals surface area contributed by atoms with Gasteiger partial charge in [-0.25, -0.2) is 0 Å². The molecule has 0 saturated carbocycles. The standard InChI is InChI=1S/C18H37NO2/c1-5-6-7-8-9-10-11-12-13-14-18(20)21-17(2)15-16-19(3)4/h17H,5-16H2,1-4H3. The number of ether oxygens (including phenoxy) is 1. The first-order chi connectivity index (χ1) is 10.1. The second-order valence-electron chi connectivity index (χ2n) is 6.47. The molecule has 3 nitrogen and oxygen atoms in total. The van der Waals surface area contributed by atoms with E-state index in [1.807, 2.05) is 21.0 Å². The number of nitrogens with zero attached hydrogens (tertiary/aromatic N) is 1. The van der Waals surface area contributed by atoms with E-state index in [1.54, 1.807) is 0 Å². The monoisotopic (exact) mass is 299 g/mol. The molecule has 0 saturated heterocycles. The van der Waals surface area contributed by atoms with Gasteiger partial charge in [-0.15, -0.1) is 0 Å². The number of esters is 1. The van der Waals surface area contributed by atoms with Crippen molar-refractivity contribution in [1.29, 1.82) is 0 Å². The number of carbonyl (C=O) groups excluding carboxylic acids is 1. The Balaban J connectivity index is 3.33. The molecule has 126 valence electrons.